The number of hydrogen-bond donors (Lipinski definition) is 3. The van der Waals surface area contributed by atoms with Crippen LogP contribution in [0.15, 0.2) is 5.38 Å². The van der Waals surface area contributed by atoms with Crippen molar-refractivity contribution in [3.8, 4) is 0 Å². The van der Waals surface area contributed by atoms with E-state index in [1.54, 1.807) is 11.3 Å². The number of nitrogens with one attached hydrogen (secondary N) is 3. The molecule has 0 spiro atoms. The summed E-state index contributed by atoms with van der Waals surface area (Å²) in [5.41, 5.74) is 6.22. The fourth-order valence-electron chi connectivity index (χ4n) is 3.45. The number of thiocarbonyl (C=S) groups is 1. The van der Waals surface area contributed by atoms with Crippen molar-refractivity contribution < 1.29 is 4.79 Å². The summed E-state index contributed by atoms with van der Waals surface area (Å²) in [5, 5.41) is 6.71. The molecule has 0 saturated heterocycles. The minimum absolute atomic E-state index is 0.127. The van der Waals surface area contributed by atoms with Gasteiger partial charge in [-0.2, -0.15) is 0 Å². The van der Waals surface area contributed by atoms with Crippen LogP contribution in [-0.4, -0.2) is 22.0 Å². The van der Waals surface area contributed by atoms with Gasteiger partial charge in [0.1, 0.15) is 0 Å². The van der Waals surface area contributed by atoms with Crippen molar-refractivity contribution in [2.45, 2.75) is 45.1 Å². The monoisotopic (exact) mass is 324 g/mol. The molecule has 2 aliphatic carbocycles. The average molecular weight is 324 g/mol. The summed E-state index contributed by atoms with van der Waals surface area (Å²) >= 11 is 6.79. The lowest BCUT2D eigenvalue weighted by atomic mass is 9.96. The van der Waals surface area contributed by atoms with E-state index in [-0.39, 0.29) is 12.3 Å². The summed E-state index contributed by atoms with van der Waals surface area (Å²) in [6.07, 6.45) is 5.48. The first-order valence-electron chi connectivity index (χ1n) is 7.36. The second-order valence-electron chi connectivity index (χ2n) is 5.96. The van der Waals surface area contributed by atoms with Crippen LogP contribution in [0.5, 0.6) is 0 Å². The molecule has 0 aliphatic heterocycles. The zero-order valence-electron chi connectivity index (χ0n) is 12.0. The van der Waals surface area contributed by atoms with E-state index in [1.165, 1.54) is 25.7 Å². The van der Waals surface area contributed by atoms with Crippen LogP contribution >= 0.6 is 23.6 Å². The Morgan fingerprint density at radius 1 is 1.43 bits per heavy atom. The van der Waals surface area contributed by atoms with E-state index < -0.39 is 0 Å². The Labute approximate surface area is 133 Å². The van der Waals surface area contributed by atoms with E-state index in [1.807, 2.05) is 12.3 Å². The van der Waals surface area contributed by atoms with Gasteiger partial charge in [0.25, 0.3) is 0 Å². The predicted octanol–water partition coefficient (Wildman–Crippen LogP) is 1.68. The van der Waals surface area contributed by atoms with Gasteiger partial charge in [-0.3, -0.25) is 15.6 Å². The summed E-state index contributed by atoms with van der Waals surface area (Å²) in [6, 6.07) is 0.474. The minimum Gasteiger partial charge on any atom is -0.358 e. The lowest BCUT2D eigenvalue weighted by Crippen LogP contribution is -2.51. The molecule has 1 heterocycles. The zero-order chi connectivity index (χ0) is 14.8. The van der Waals surface area contributed by atoms with Gasteiger partial charge in [0.15, 0.2) is 5.11 Å². The summed E-state index contributed by atoms with van der Waals surface area (Å²) in [5.74, 6) is 1.50. The summed E-state index contributed by atoms with van der Waals surface area (Å²) < 4.78 is 0. The quantitative estimate of drug-likeness (QED) is 0.583. The molecule has 2 bridgehead atoms. The summed E-state index contributed by atoms with van der Waals surface area (Å²) in [4.78, 5) is 16.1. The maximum absolute atomic E-state index is 11.8. The van der Waals surface area contributed by atoms with Gasteiger partial charge in [-0.15, -0.1) is 11.3 Å². The maximum Gasteiger partial charge on any atom is 0.244 e. The molecule has 3 N–H and O–H groups in total. The van der Waals surface area contributed by atoms with E-state index in [2.05, 4.69) is 21.2 Å². The molecule has 0 aromatic carbocycles. The van der Waals surface area contributed by atoms with Crippen LogP contribution in [0.2, 0.25) is 0 Å². The van der Waals surface area contributed by atoms with Gasteiger partial charge in [-0.25, -0.2) is 4.98 Å². The fourth-order valence-corrected chi connectivity index (χ4v) is 4.27. The summed E-state index contributed by atoms with van der Waals surface area (Å²) in [7, 11) is 0. The van der Waals surface area contributed by atoms with Crippen LogP contribution in [-0.2, 0) is 11.2 Å². The van der Waals surface area contributed by atoms with E-state index in [9.17, 15) is 4.79 Å². The SMILES string of the molecule is Cc1nc(CC(=O)NNC(=S)N[C@H]2C[C@H]3CC[C@@H]2C3)cs1. The van der Waals surface area contributed by atoms with Crippen molar-refractivity contribution in [2.24, 2.45) is 11.8 Å². The normalized spacial score (nSPS) is 26.6. The molecule has 5 nitrogen and oxygen atoms in total. The average Bonchev–Trinajstić information content (AvgIpc) is 3.14. The number of carbonyl (C=O) groups is 1. The Morgan fingerprint density at radius 2 is 2.29 bits per heavy atom. The van der Waals surface area contributed by atoms with Crippen LogP contribution in [0.4, 0.5) is 0 Å². The number of carbonyl (C=O) groups excluding carboxylic acids is 1. The summed E-state index contributed by atoms with van der Waals surface area (Å²) in [6.45, 7) is 1.93. The number of hydrogen-bond acceptors (Lipinski definition) is 4. The van der Waals surface area contributed by atoms with Crippen LogP contribution in [0, 0.1) is 18.8 Å². The molecule has 21 heavy (non-hydrogen) atoms. The molecule has 2 saturated carbocycles. The van der Waals surface area contributed by atoms with Gasteiger partial charge in [0.2, 0.25) is 5.91 Å². The number of nitrogens with zero attached hydrogens (tertiary/aromatic N) is 1. The minimum atomic E-state index is -0.127. The Bertz CT molecular complexity index is 545. The first kappa shape index (κ1) is 14.7. The van der Waals surface area contributed by atoms with Crippen molar-refractivity contribution in [1.29, 1.82) is 0 Å². The molecule has 0 unspecified atom stereocenters. The van der Waals surface area contributed by atoms with Gasteiger partial charge >= 0.3 is 0 Å². The van der Waals surface area contributed by atoms with Crippen LogP contribution in [0.1, 0.15) is 36.4 Å². The van der Waals surface area contributed by atoms with E-state index >= 15 is 0 Å². The van der Waals surface area contributed by atoms with Gasteiger partial charge < -0.3 is 5.32 Å². The number of rotatable bonds is 3. The molecule has 1 aromatic heterocycles. The highest BCUT2D eigenvalue weighted by Gasteiger charge is 2.39. The molecule has 7 heteroatoms. The van der Waals surface area contributed by atoms with Crippen molar-refractivity contribution >= 4 is 34.6 Å². The fraction of sp³-hybridized carbons (Fsp3) is 0.643. The smallest absolute Gasteiger partial charge is 0.244 e. The Balaban J connectivity index is 1.38. The van der Waals surface area contributed by atoms with Gasteiger partial charge in [-0.05, 0) is 50.2 Å². The third-order valence-corrected chi connectivity index (χ3v) is 5.42. The Kier molecular flexibility index (Phi) is 4.40. The number of thiazole rings is 1. The zero-order valence-corrected chi connectivity index (χ0v) is 13.6. The highest BCUT2D eigenvalue weighted by molar-refractivity contribution is 7.80. The molecule has 1 aromatic rings. The topological polar surface area (TPSA) is 66.0 Å². The van der Waals surface area contributed by atoms with Crippen LogP contribution in [0.3, 0.4) is 0 Å². The Morgan fingerprint density at radius 3 is 2.90 bits per heavy atom. The first-order chi connectivity index (χ1) is 10.1. The van der Waals surface area contributed by atoms with Crippen LogP contribution < -0.4 is 16.2 Å². The largest absolute Gasteiger partial charge is 0.358 e. The Hall–Kier alpha value is -1.21. The number of hydrazine groups is 1. The third kappa shape index (κ3) is 3.71. The maximum atomic E-state index is 11.8. The number of aromatic nitrogens is 1. The first-order valence-corrected chi connectivity index (χ1v) is 8.65. The lowest BCUT2D eigenvalue weighted by Gasteiger charge is -2.24. The predicted molar refractivity (Wildman–Crippen MR) is 86.8 cm³/mol. The number of fused-ring (bicyclic) bond motifs is 2. The highest BCUT2D eigenvalue weighted by Crippen LogP contribution is 2.44. The molecular formula is C14H20N4OS2. The third-order valence-electron chi connectivity index (χ3n) is 4.38. The number of amides is 1. The van der Waals surface area contributed by atoms with Crippen molar-refractivity contribution in [1.82, 2.24) is 21.2 Å². The van der Waals surface area contributed by atoms with E-state index in [0.717, 1.165) is 22.5 Å². The highest BCUT2D eigenvalue weighted by atomic mass is 32.1. The van der Waals surface area contributed by atoms with Gasteiger partial charge in [0, 0.05) is 11.4 Å². The molecule has 1 amide bonds. The van der Waals surface area contributed by atoms with Gasteiger partial charge in [-0.1, -0.05) is 6.42 Å². The molecule has 3 rings (SSSR count). The molecule has 114 valence electrons. The molecule has 2 fully saturated rings. The second kappa shape index (κ2) is 6.27. The van der Waals surface area contributed by atoms with Crippen molar-refractivity contribution in [2.75, 3.05) is 0 Å². The molecule has 3 atom stereocenters. The standard InChI is InChI=1S/C14H20N4OS2/c1-8-15-11(7-21-8)6-13(19)17-18-14(20)16-12-5-9-2-3-10(12)4-9/h7,9-10,12H,2-6H2,1H3,(H,17,19)(H2,16,18,20)/t9-,10+,12-/m0/s1. The van der Waals surface area contributed by atoms with E-state index in [0.29, 0.717) is 11.2 Å². The second-order valence-corrected chi connectivity index (χ2v) is 7.43. The lowest BCUT2D eigenvalue weighted by molar-refractivity contribution is -0.121. The number of aryl methyl sites for hydroxylation is 1. The van der Waals surface area contributed by atoms with Crippen molar-refractivity contribution in [3.05, 3.63) is 16.1 Å². The van der Waals surface area contributed by atoms with Crippen molar-refractivity contribution in [3.63, 3.8) is 0 Å². The molecular weight excluding hydrogens is 304 g/mol. The molecule has 0 radical (unpaired) electrons. The molecule has 2 aliphatic rings. The van der Waals surface area contributed by atoms with Crippen LogP contribution in [0.25, 0.3) is 0 Å². The van der Waals surface area contributed by atoms with E-state index in [4.69, 9.17) is 12.2 Å². The van der Waals surface area contributed by atoms with Gasteiger partial charge in [0.05, 0.1) is 17.1 Å².